The van der Waals surface area contributed by atoms with Gasteiger partial charge in [-0.15, -0.1) is 11.6 Å². The van der Waals surface area contributed by atoms with Crippen LogP contribution >= 0.6 is 11.6 Å². The second kappa shape index (κ2) is 11.1. The van der Waals surface area contributed by atoms with Crippen molar-refractivity contribution in [3.63, 3.8) is 0 Å². The van der Waals surface area contributed by atoms with E-state index in [0.29, 0.717) is 0 Å². The molecule has 18 heavy (non-hydrogen) atoms. The van der Waals surface area contributed by atoms with Crippen molar-refractivity contribution in [1.82, 2.24) is 9.80 Å². The topological polar surface area (TPSA) is 6.48 Å². The number of rotatable bonds is 9. The van der Waals surface area contributed by atoms with Gasteiger partial charge in [-0.1, -0.05) is 39.0 Å². The molecule has 108 valence electrons. The van der Waals surface area contributed by atoms with Crippen molar-refractivity contribution >= 4 is 11.6 Å². The smallest absolute Gasteiger partial charge is 0.0351 e. The number of unbranched alkanes of at least 4 members (excludes halogenated alkanes) is 5. The van der Waals surface area contributed by atoms with Gasteiger partial charge in [0.05, 0.1) is 0 Å². The van der Waals surface area contributed by atoms with Crippen LogP contribution in [0, 0.1) is 0 Å². The molecule has 0 saturated carbocycles. The molecule has 0 aromatic carbocycles. The molecule has 1 heterocycles. The summed E-state index contributed by atoms with van der Waals surface area (Å²) in [6, 6.07) is 0. The van der Waals surface area contributed by atoms with Crippen LogP contribution in [-0.2, 0) is 0 Å². The first-order chi connectivity index (χ1) is 8.86. The van der Waals surface area contributed by atoms with Crippen LogP contribution in [0.2, 0.25) is 0 Å². The molecule has 1 fully saturated rings. The van der Waals surface area contributed by atoms with E-state index >= 15 is 0 Å². The fraction of sp³-hybridized carbons (Fsp3) is 1.00. The Morgan fingerprint density at radius 3 is 2.06 bits per heavy atom. The number of hydrogen-bond acceptors (Lipinski definition) is 2. The molecule has 1 saturated heterocycles. The summed E-state index contributed by atoms with van der Waals surface area (Å²) >= 11 is 5.81. The van der Waals surface area contributed by atoms with E-state index < -0.39 is 0 Å². The van der Waals surface area contributed by atoms with Crippen LogP contribution in [0.25, 0.3) is 0 Å². The van der Waals surface area contributed by atoms with Crippen LogP contribution in [0.15, 0.2) is 0 Å². The summed E-state index contributed by atoms with van der Waals surface area (Å²) in [5, 5.41) is 0. The predicted molar refractivity (Wildman–Crippen MR) is 81.6 cm³/mol. The van der Waals surface area contributed by atoms with Crippen LogP contribution in [0.1, 0.15) is 51.9 Å². The highest BCUT2D eigenvalue weighted by atomic mass is 35.5. The molecule has 2 nitrogen and oxygen atoms in total. The van der Waals surface area contributed by atoms with Gasteiger partial charge in [0, 0.05) is 25.5 Å². The third-order valence-corrected chi connectivity index (χ3v) is 4.08. The maximum absolute atomic E-state index is 5.81. The summed E-state index contributed by atoms with van der Waals surface area (Å²) in [4.78, 5) is 5.16. The van der Waals surface area contributed by atoms with Gasteiger partial charge in [-0.25, -0.2) is 0 Å². The summed E-state index contributed by atoms with van der Waals surface area (Å²) < 4.78 is 0. The molecule has 1 aliphatic heterocycles. The number of nitrogens with zero attached hydrogens (tertiary/aromatic N) is 2. The van der Waals surface area contributed by atoms with E-state index in [-0.39, 0.29) is 0 Å². The van der Waals surface area contributed by atoms with E-state index in [0.717, 1.165) is 12.4 Å². The minimum atomic E-state index is 0.775. The molecule has 0 amide bonds. The van der Waals surface area contributed by atoms with Crippen molar-refractivity contribution in [2.24, 2.45) is 0 Å². The lowest BCUT2D eigenvalue weighted by Crippen LogP contribution is -2.32. The molecule has 1 aliphatic rings. The van der Waals surface area contributed by atoms with Crippen LogP contribution in [0.3, 0.4) is 0 Å². The first kappa shape index (κ1) is 16.3. The van der Waals surface area contributed by atoms with Crippen molar-refractivity contribution in [1.29, 1.82) is 0 Å². The molecule has 0 N–H and O–H groups in total. The van der Waals surface area contributed by atoms with E-state index in [2.05, 4.69) is 16.7 Å². The number of alkyl halides is 1. The fourth-order valence-corrected chi connectivity index (χ4v) is 2.95. The Kier molecular flexibility index (Phi) is 10.0. The van der Waals surface area contributed by atoms with Gasteiger partial charge in [0.1, 0.15) is 0 Å². The number of hydrogen-bond donors (Lipinski definition) is 0. The van der Waals surface area contributed by atoms with Crippen LogP contribution in [0.5, 0.6) is 0 Å². The third kappa shape index (κ3) is 7.60. The zero-order chi connectivity index (χ0) is 13.1. The minimum absolute atomic E-state index is 0.775. The fourth-order valence-electron chi connectivity index (χ4n) is 2.71. The zero-order valence-corrected chi connectivity index (χ0v) is 12.9. The van der Waals surface area contributed by atoms with Gasteiger partial charge in [0.2, 0.25) is 0 Å². The summed E-state index contributed by atoms with van der Waals surface area (Å²) in [5.41, 5.74) is 0. The van der Waals surface area contributed by atoms with Gasteiger partial charge in [-0.3, -0.25) is 0 Å². The quantitative estimate of drug-likeness (QED) is 0.468. The van der Waals surface area contributed by atoms with Gasteiger partial charge in [-0.2, -0.15) is 0 Å². The molecule has 0 aromatic heterocycles. The van der Waals surface area contributed by atoms with Crippen LogP contribution in [0.4, 0.5) is 0 Å². The maximum Gasteiger partial charge on any atom is 0.0351 e. The molecular weight excluding hydrogens is 244 g/mol. The second-order valence-electron chi connectivity index (χ2n) is 5.49. The molecule has 3 heteroatoms. The SMILES string of the molecule is CCCCCCCCN1CCCN(CCCl)CC1. The van der Waals surface area contributed by atoms with E-state index in [1.807, 2.05) is 0 Å². The largest absolute Gasteiger partial charge is 0.302 e. The van der Waals surface area contributed by atoms with Crippen LogP contribution < -0.4 is 0 Å². The number of halogens is 1. The van der Waals surface area contributed by atoms with Gasteiger partial charge in [0.15, 0.2) is 0 Å². The molecule has 0 aromatic rings. The van der Waals surface area contributed by atoms with E-state index in [1.54, 1.807) is 0 Å². The first-order valence-corrected chi connectivity index (χ1v) is 8.41. The summed E-state index contributed by atoms with van der Waals surface area (Å²) in [7, 11) is 0. The Hall–Kier alpha value is 0.210. The molecule has 0 atom stereocenters. The van der Waals surface area contributed by atoms with E-state index in [1.165, 1.54) is 77.7 Å². The lowest BCUT2D eigenvalue weighted by atomic mass is 10.1. The zero-order valence-electron chi connectivity index (χ0n) is 12.2. The summed E-state index contributed by atoms with van der Waals surface area (Å²) in [6.07, 6.45) is 9.74. The molecule has 0 radical (unpaired) electrons. The molecule has 0 unspecified atom stereocenters. The Morgan fingerprint density at radius 1 is 0.778 bits per heavy atom. The second-order valence-corrected chi connectivity index (χ2v) is 5.87. The van der Waals surface area contributed by atoms with Crippen molar-refractivity contribution in [3.8, 4) is 0 Å². The van der Waals surface area contributed by atoms with Crippen LogP contribution in [-0.4, -0.2) is 54.9 Å². The Balaban J connectivity index is 2.01. The lowest BCUT2D eigenvalue weighted by Gasteiger charge is -2.21. The Labute approximate surface area is 119 Å². The standard InChI is InChI=1S/C15H31ClN2/c1-2-3-4-5-6-7-10-17-11-8-12-18(13-9-16)15-14-17/h2-15H2,1H3. The van der Waals surface area contributed by atoms with Gasteiger partial charge < -0.3 is 9.80 Å². The minimum Gasteiger partial charge on any atom is -0.302 e. The van der Waals surface area contributed by atoms with Gasteiger partial charge in [0.25, 0.3) is 0 Å². The van der Waals surface area contributed by atoms with E-state index in [4.69, 9.17) is 11.6 Å². The normalized spacial score (nSPS) is 19.0. The summed E-state index contributed by atoms with van der Waals surface area (Å²) in [5.74, 6) is 0.775. The van der Waals surface area contributed by atoms with Crippen molar-refractivity contribution in [2.75, 3.05) is 45.1 Å². The highest BCUT2D eigenvalue weighted by Crippen LogP contribution is 2.08. The Morgan fingerprint density at radius 2 is 1.39 bits per heavy atom. The average molecular weight is 275 g/mol. The predicted octanol–water partition coefficient (Wildman–Crippen LogP) is 3.59. The third-order valence-electron chi connectivity index (χ3n) is 3.91. The van der Waals surface area contributed by atoms with Crippen molar-refractivity contribution in [2.45, 2.75) is 51.9 Å². The molecular formula is C15H31ClN2. The highest BCUT2D eigenvalue weighted by molar-refractivity contribution is 6.18. The highest BCUT2D eigenvalue weighted by Gasteiger charge is 2.13. The first-order valence-electron chi connectivity index (χ1n) is 7.87. The molecule has 1 rings (SSSR count). The molecule has 0 bridgehead atoms. The van der Waals surface area contributed by atoms with E-state index in [9.17, 15) is 0 Å². The molecule has 0 spiro atoms. The Bertz CT molecular complexity index is 187. The maximum atomic E-state index is 5.81. The average Bonchev–Trinajstić information content (AvgIpc) is 2.60. The van der Waals surface area contributed by atoms with Crippen molar-refractivity contribution < 1.29 is 0 Å². The van der Waals surface area contributed by atoms with Gasteiger partial charge in [-0.05, 0) is 32.5 Å². The lowest BCUT2D eigenvalue weighted by molar-refractivity contribution is 0.259. The molecule has 0 aliphatic carbocycles. The van der Waals surface area contributed by atoms with Gasteiger partial charge >= 0.3 is 0 Å². The monoisotopic (exact) mass is 274 g/mol. The summed E-state index contributed by atoms with van der Waals surface area (Å²) in [6.45, 7) is 9.62. The van der Waals surface area contributed by atoms with Crippen molar-refractivity contribution in [3.05, 3.63) is 0 Å².